The van der Waals surface area contributed by atoms with Crippen LogP contribution in [0.15, 0.2) is 6.20 Å². The van der Waals surface area contributed by atoms with E-state index in [2.05, 4.69) is 20.9 Å². The lowest BCUT2D eigenvalue weighted by atomic mass is 9.98. The Labute approximate surface area is 376 Å². The number of carbonyl (C=O) groups excluding carboxylic acids is 1. The van der Waals surface area contributed by atoms with E-state index in [0.717, 1.165) is 0 Å². The lowest BCUT2D eigenvalue weighted by molar-refractivity contribution is -0.327. The average Bonchev–Trinajstić information content (AvgIpc) is 3.76. The molecule has 27 heteroatoms. The SMILES string of the molecule is N[C@@H](CCC(=O)O)C(=O)NCc1cn(CCOCCOCCOCCOCCOCCOCCOCCOCCNC[C@H](O)[C@@H](O)[C@H](O[C@H]2O[C@H](CO)[C@@H](O)[C@H](O)[C@H]2O)[C@H](O)CO)nn1. The van der Waals surface area contributed by atoms with Gasteiger partial charge in [-0.1, -0.05) is 5.21 Å². The van der Waals surface area contributed by atoms with Gasteiger partial charge in [-0.05, 0) is 6.42 Å². The maximum absolute atomic E-state index is 11.9. The molecule has 13 N–H and O–H groups in total. The monoisotopic (exact) mass is 948 g/mol. The number of hydrogen-bond acceptors (Lipinski definition) is 24. The van der Waals surface area contributed by atoms with Crippen molar-refractivity contribution in [1.82, 2.24) is 25.6 Å². The van der Waals surface area contributed by atoms with Crippen molar-refractivity contribution in [2.75, 3.05) is 132 Å². The molecule has 2 heterocycles. The molecule has 10 atom stereocenters. The Balaban J connectivity index is 1.31. The fourth-order valence-corrected chi connectivity index (χ4v) is 5.62. The molecular weight excluding hydrogens is 876 g/mol. The molecule has 380 valence electrons. The third-order valence-electron chi connectivity index (χ3n) is 9.32. The van der Waals surface area contributed by atoms with Gasteiger partial charge in [-0.3, -0.25) is 9.59 Å². The summed E-state index contributed by atoms with van der Waals surface area (Å²) in [4.78, 5) is 22.5. The van der Waals surface area contributed by atoms with E-state index < -0.39 is 86.3 Å². The van der Waals surface area contributed by atoms with Crippen LogP contribution in [-0.4, -0.2) is 266 Å². The number of carbonyl (C=O) groups is 2. The first-order valence-electron chi connectivity index (χ1n) is 21.5. The first kappa shape index (κ1) is 58.4. The Morgan fingerprint density at radius 3 is 1.74 bits per heavy atom. The van der Waals surface area contributed by atoms with Crippen molar-refractivity contribution >= 4 is 11.9 Å². The van der Waals surface area contributed by atoms with Gasteiger partial charge in [0.15, 0.2) is 6.29 Å². The summed E-state index contributed by atoms with van der Waals surface area (Å²) in [6, 6.07) is -0.907. The number of hydrogen-bond donors (Lipinski definition) is 12. The molecule has 0 unspecified atom stereocenters. The minimum absolute atomic E-state index is 0.0464. The van der Waals surface area contributed by atoms with E-state index in [1.807, 2.05) is 0 Å². The number of aliphatic hydroxyl groups is 8. The zero-order valence-electron chi connectivity index (χ0n) is 36.7. The molecule has 1 aliphatic rings. The normalized spacial score (nSPS) is 21.2. The third-order valence-corrected chi connectivity index (χ3v) is 9.32. The van der Waals surface area contributed by atoms with E-state index in [1.54, 1.807) is 10.9 Å². The number of aromatic nitrogens is 3. The summed E-state index contributed by atoms with van der Waals surface area (Å²) in [7, 11) is 0. The molecule has 1 saturated heterocycles. The maximum Gasteiger partial charge on any atom is 0.303 e. The number of nitrogens with two attached hydrogens (primary N) is 1. The fourth-order valence-electron chi connectivity index (χ4n) is 5.62. The summed E-state index contributed by atoms with van der Waals surface area (Å²) in [6.07, 6.45) is -13.4. The number of carboxylic acid groups (broad SMARTS) is 1. The van der Waals surface area contributed by atoms with Crippen LogP contribution in [0.25, 0.3) is 0 Å². The summed E-state index contributed by atoms with van der Waals surface area (Å²) in [5.74, 6) is -1.47. The Hall–Kier alpha value is -2.72. The Morgan fingerprint density at radius 2 is 1.25 bits per heavy atom. The molecule has 2 rings (SSSR count). The van der Waals surface area contributed by atoms with Crippen LogP contribution in [0.1, 0.15) is 18.5 Å². The summed E-state index contributed by atoms with van der Waals surface area (Å²) in [5, 5.41) is 102. The van der Waals surface area contributed by atoms with Gasteiger partial charge in [-0.15, -0.1) is 5.10 Å². The van der Waals surface area contributed by atoms with Gasteiger partial charge in [-0.2, -0.15) is 0 Å². The first-order valence-corrected chi connectivity index (χ1v) is 21.5. The number of ether oxygens (including phenoxy) is 10. The molecule has 0 spiro atoms. The second-order valence-corrected chi connectivity index (χ2v) is 14.4. The van der Waals surface area contributed by atoms with Crippen LogP contribution >= 0.6 is 0 Å². The molecule has 27 nitrogen and oxygen atoms in total. The van der Waals surface area contributed by atoms with Crippen LogP contribution in [0.4, 0.5) is 0 Å². The average molecular weight is 949 g/mol. The summed E-state index contributed by atoms with van der Waals surface area (Å²) >= 11 is 0. The van der Waals surface area contributed by atoms with E-state index >= 15 is 0 Å². The summed E-state index contributed by atoms with van der Waals surface area (Å²) < 4.78 is 56.0. The molecule has 0 bridgehead atoms. The highest BCUT2D eigenvalue weighted by Crippen LogP contribution is 2.25. The number of nitrogens with zero attached hydrogens (tertiary/aromatic N) is 3. The molecule has 0 radical (unpaired) electrons. The van der Waals surface area contributed by atoms with Crippen molar-refractivity contribution in [2.24, 2.45) is 5.73 Å². The van der Waals surface area contributed by atoms with Crippen LogP contribution in [-0.2, 0) is 70.0 Å². The molecule has 0 aromatic carbocycles. The van der Waals surface area contributed by atoms with Crippen LogP contribution in [0.5, 0.6) is 0 Å². The van der Waals surface area contributed by atoms with Gasteiger partial charge >= 0.3 is 5.97 Å². The van der Waals surface area contributed by atoms with Crippen LogP contribution in [0.2, 0.25) is 0 Å². The number of aliphatic carboxylic acids is 1. The van der Waals surface area contributed by atoms with Crippen LogP contribution < -0.4 is 16.4 Å². The summed E-state index contributed by atoms with van der Waals surface area (Å²) in [6.45, 7) is 5.13. The number of aliphatic hydroxyl groups excluding tert-OH is 8. The number of rotatable bonds is 42. The highest BCUT2D eigenvalue weighted by Gasteiger charge is 2.46. The van der Waals surface area contributed by atoms with E-state index in [-0.39, 0.29) is 39.1 Å². The zero-order chi connectivity index (χ0) is 47.7. The molecule has 1 aromatic heterocycles. The number of nitrogens with one attached hydrogen (secondary N) is 2. The predicted molar refractivity (Wildman–Crippen MR) is 220 cm³/mol. The van der Waals surface area contributed by atoms with Gasteiger partial charge in [0.25, 0.3) is 0 Å². The number of amides is 1. The van der Waals surface area contributed by atoms with Gasteiger partial charge in [0.1, 0.15) is 48.4 Å². The molecule has 65 heavy (non-hydrogen) atoms. The molecule has 1 amide bonds. The van der Waals surface area contributed by atoms with Gasteiger partial charge in [0.2, 0.25) is 5.91 Å². The molecule has 1 aliphatic heterocycles. The predicted octanol–water partition coefficient (Wildman–Crippen LogP) is -6.93. The smallest absolute Gasteiger partial charge is 0.303 e. The zero-order valence-corrected chi connectivity index (χ0v) is 36.7. The molecular formula is C38H72N6O21. The van der Waals surface area contributed by atoms with Crippen LogP contribution in [0, 0.1) is 0 Å². The van der Waals surface area contributed by atoms with Gasteiger partial charge < -0.3 is 110 Å². The molecule has 1 aromatic rings. The topological polar surface area (TPSA) is 389 Å². The Kier molecular flexibility index (Phi) is 32.7. The second kappa shape index (κ2) is 36.3. The van der Waals surface area contributed by atoms with Gasteiger partial charge in [-0.25, -0.2) is 4.68 Å². The van der Waals surface area contributed by atoms with Crippen molar-refractivity contribution in [2.45, 2.75) is 87.1 Å². The van der Waals surface area contributed by atoms with Crippen molar-refractivity contribution in [3.8, 4) is 0 Å². The van der Waals surface area contributed by atoms with Crippen molar-refractivity contribution in [1.29, 1.82) is 0 Å². The number of carboxylic acids is 1. The fraction of sp³-hybridized carbons (Fsp3) is 0.895. The maximum atomic E-state index is 11.9. The van der Waals surface area contributed by atoms with Gasteiger partial charge in [0.05, 0.1) is 150 Å². The van der Waals surface area contributed by atoms with Crippen molar-refractivity contribution in [3.63, 3.8) is 0 Å². The standard InChI is InChI=1S/C38H72N6O21/c39-27(1-2-31(49)50)37(55)41-21-26-23-44(43-42-26)4-6-57-8-10-59-12-14-61-16-18-63-20-19-62-17-15-60-13-11-58-9-7-56-5-3-40-22-28(47)32(51)36(29(48)24-45)65-38-35(54)34(53)33(52)30(25-46)64-38/h23,27-30,32-36,38,40,45-48,51-54H,1-22,24-25,39H2,(H,41,55)(H,49,50)/t27-,28-,29+,30+,32+,33+,34-,35+,36+,38+/m0/s1. The Morgan fingerprint density at radius 1 is 0.738 bits per heavy atom. The quantitative estimate of drug-likeness (QED) is 0.0271. The lowest BCUT2D eigenvalue weighted by Gasteiger charge is -2.42. The summed E-state index contributed by atoms with van der Waals surface area (Å²) in [5.41, 5.74) is 6.21. The van der Waals surface area contributed by atoms with E-state index in [1.165, 1.54) is 0 Å². The molecule has 0 aliphatic carbocycles. The minimum atomic E-state index is -1.82. The van der Waals surface area contributed by atoms with E-state index in [4.69, 9.17) is 58.2 Å². The van der Waals surface area contributed by atoms with E-state index in [9.17, 15) is 50.4 Å². The highest BCUT2D eigenvalue weighted by molar-refractivity contribution is 5.82. The Bertz CT molecular complexity index is 1340. The van der Waals surface area contributed by atoms with Crippen LogP contribution in [0.3, 0.4) is 0 Å². The van der Waals surface area contributed by atoms with E-state index in [0.29, 0.717) is 111 Å². The van der Waals surface area contributed by atoms with Gasteiger partial charge in [0, 0.05) is 19.5 Å². The van der Waals surface area contributed by atoms with Crippen molar-refractivity contribution < 1.29 is 103 Å². The molecule has 1 fully saturated rings. The first-order chi connectivity index (χ1) is 31.4. The third kappa shape index (κ3) is 25.8. The lowest BCUT2D eigenvalue weighted by Crippen LogP contribution is -2.61. The highest BCUT2D eigenvalue weighted by atomic mass is 16.7. The largest absolute Gasteiger partial charge is 0.481 e. The minimum Gasteiger partial charge on any atom is -0.481 e. The second-order valence-electron chi connectivity index (χ2n) is 14.4. The molecule has 0 saturated carbocycles. The van der Waals surface area contributed by atoms with Crippen molar-refractivity contribution in [3.05, 3.63) is 11.9 Å².